The highest BCUT2D eigenvalue weighted by Crippen LogP contribution is 2.30. The van der Waals surface area contributed by atoms with E-state index >= 15 is 0 Å². The molecule has 1 atom stereocenters. The Bertz CT molecular complexity index is 432. The van der Waals surface area contributed by atoms with Crippen LogP contribution < -0.4 is 11.5 Å². The van der Waals surface area contributed by atoms with Crippen LogP contribution in [0.2, 0.25) is 0 Å². The first-order valence-electron chi connectivity index (χ1n) is 5.86. The highest BCUT2D eigenvalue weighted by Gasteiger charge is 2.38. The number of anilines is 1. The SMILES string of the molecule is CC1(C(N)=O)CCN(Cc2cccc(N)c2)C1. The highest BCUT2D eigenvalue weighted by molar-refractivity contribution is 5.81. The molecule has 1 fully saturated rings. The summed E-state index contributed by atoms with van der Waals surface area (Å²) in [6.07, 6.45) is 0.838. The number of rotatable bonds is 3. The van der Waals surface area contributed by atoms with E-state index in [0.29, 0.717) is 0 Å². The lowest BCUT2D eigenvalue weighted by atomic mass is 9.89. The van der Waals surface area contributed by atoms with Crippen LogP contribution in [0.4, 0.5) is 5.69 Å². The zero-order valence-corrected chi connectivity index (χ0v) is 10.1. The Balaban J connectivity index is 2.01. The molecule has 1 aliphatic heterocycles. The fourth-order valence-electron chi connectivity index (χ4n) is 2.34. The molecule has 0 saturated carbocycles. The highest BCUT2D eigenvalue weighted by atomic mass is 16.1. The third-order valence-electron chi connectivity index (χ3n) is 3.50. The second-order valence-corrected chi connectivity index (χ2v) is 5.13. The van der Waals surface area contributed by atoms with Gasteiger partial charge in [0.2, 0.25) is 5.91 Å². The molecule has 0 bridgehead atoms. The quantitative estimate of drug-likeness (QED) is 0.764. The fraction of sp³-hybridized carbons (Fsp3) is 0.462. The van der Waals surface area contributed by atoms with Crippen LogP contribution in [0, 0.1) is 5.41 Å². The summed E-state index contributed by atoms with van der Waals surface area (Å²) in [5, 5.41) is 0. The second-order valence-electron chi connectivity index (χ2n) is 5.13. The number of nitrogens with two attached hydrogens (primary N) is 2. The molecular formula is C13H19N3O. The molecular weight excluding hydrogens is 214 g/mol. The van der Waals surface area contributed by atoms with Crippen molar-refractivity contribution in [2.75, 3.05) is 18.8 Å². The van der Waals surface area contributed by atoms with Gasteiger partial charge in [-0.25, -0.2) is 0 Å². The van der Waals surface area contributed by atoms with Crippen molar-refractivity contribution in [3.05, 3.63) is 29.8 Å². The lowest BCUT2D eigenvalue weighted by Gasteiger charge is -2.21. The van der Waals surface area contributed by atoms with E-state index in [1.807, 2.05) is 25.1 Å². The molecule has 92 valence electrons. The number of primary amides is 1. The topological polar surface area (TPSA) is 72.4 Å². The van der Waals surface area contributed by atoms with E-state index in [2.05, 4.69) is 11.0 Å². The van der Waals surface area contributed by atoms with Gasteiger partial charge in [0, 0.05) is 18.8 Å². The lowest BCUT2D eigenvalue weighted by molar-refractivity contribution is -0.126. The summed E-state index contributed by atoms with van der Waals surface area (Å²) in [5.74, 6) is -0.201. The van der Waals surface area contributed by atoms with Crippen LogP contribution in [0.5, 0.6) is 0 Å². The molecule has 4 nitrogen and oxygen atoms in total. The number of benzene rings is 1. The van der Waals surface area contributed by atoms with Gasteiger partial charge in [-0.15, -0.1) is 0 Å². The maximum Gasteiger partial charge on any atom is 0.224 e. The van der Waals surface area contributed by atoms with Crippen LogP contribution in [0.1, 0.15) is 18.9 Å². The molecule has 0 aromatic heterocycles. The largest absolute Gasteiger partial charge is 0.399 e. The van der Waals surface area contributed by atoms with Crippen LogP contribution >= 0.6 is 0 Å². The zero-order valence-electron chi connectivity index (χ0n) is 10.1. The van der Waals surface area contributed by atoms with Crippen molar-refractivity contribution in [2.24, 2.45) is 11.1 Å². The Morgan fingerprint density at radius 2 is 2.29 bits per heavy atom. The van der Waals surface area contributed by atoms with Crippen LogP contribution in [0.25, 0.3) is 0 Å². The smallest absolute Gasteiger partial charge is 0.224 e. The average Bonchev–Trinajstić information content (AvgIpc) is 2.61. The van der Waals surface area contributed by atoms with Crippen molar-refractivity contribution in [3.8, 4) is 0 Å². The van der Waals surface area contributed by atoms with Gasteiger partial charge in [0.25, 0.3) is 0 Å². The van der Waals surface area contributed by atoms with Gasteiger partial charge in [0.15, 0.2) is 0 Å². The maximum atomic E-state index is 11.4. The summed E-state index contributed by atoms with van der Waals surface area (Å²) in [7, 11) is 0. The van der Waals surface area contributed by atoms with Crippen LogP contribution in [-0.2, 0) is 11.3 Å². The number of carbonyl (C=O) groups excluding carboxylic acids is 1. The van der Waals surface area contributed by atoms with Crippen molar-refractivity contribution in [2.45, 2.75) is 19.9 Å². The van der Waals surface area contributed by atoms with Gasteiger partial charge in [-0.2, -0.15) is 0 Å². The first kappa shape index (κ1) is 11.9. The van der Waals surface area contributed by atoms with Crippen molar-refractivity contribution in [1.29, 1.82) is 0 Å². The summed E-state index contributed by atoms with van der Waals surface area (Å²) >= 11 is 0. The molecule has 0 aliphatic carbocycles. The number of carbonyl (C=O) groups is 1. The molecule has 2 rings (SSSR count). The Morgan fingerprint density at radius 1 is 1.53 bits per heavy atom. The van der Waals surface area contributed by atoms with E-state index in [0.717, 1.165) is 31.7 Å². The van der Waals surface area contributed by atoms with Crippen molar-refractivity contribution in [3.63, 3.8) is 0 Å². The Kier molecular flexibility index (Phi) is 3.07. The van der Waals surface area contributed by atoms with Crippen molar-refractivity contribution >= 4 is 11.6 Å². The first-order valence-corrected chi connectivity index (χ1v) is 5.86. The summed E-state index contributed by atoms with van der Waals surface area (Å²) in [6, 6.07) is 7.85. The van der Waals surface area contributed by atoms with Crippen LogP contribution in [-0.4, -0.2) is 23.9 Å². The van der Waals surface area contributed by atoms with Crippen molar-refractivity contribution < 1.29 is 4.79 Å². The number of nitrogens with zero attached hydrogens (tertiary/aromatic N) is 1. The van der Waals surface area contributed by atoms with Crippen LogP contribution in [0.3, 0.4) is 0 Å². The van der Waals surface area contributed by atoms with Crippen LogP contribution in [0.15, 0.2) is 24.3 Å². The molecule has 0 spiro atoms. The van der Waals surface area contributed by atoms with Gasteiger partial charge in [-0.1, -0.05) is 12.1 Å². The first-order chi connectivity index (χ1) is 7.99. The van der Waals surface area contributed by atoms with E-state index in [4.69, 9.17) is 11.5 Å². The van der Waals surface area contributed by atoms with Crippen molar-refractivity contribution in [1.82, 2.24) is 4.90 Å². The summed E-state index contributed by atoms with van der Waals surface area (Å²) in [5.41, 5.74) is 12.7. The number of hydrogen-bond donors (Lipinski definition) is 2. The van der Waals surface area contributed by atoms with E-state index in [1.165, 1.54) is 5.56 Å². The Labute approximate surface area is 102 Å². The molecule has 0 radical (unpaired) electrons. The number of amides is 1. The minimum Gasteiger partial charge on any atom is -0.399 e. The standard InChI is InChI=1S/C13H19N3O/c1-13(12(15)17)5-6-16(9-13)8-10-3-2-4-11(14)7-10/h2-4,7H,5-6,8-9,14H2,1H3,(H2,15,17). The number of likely N-dealkylation sites (tertiary alicyclic amines) is 1. The second kappa shape index (κ2) is 4.37. The van der Waals surface area contributed by atoms with Gasteiger partial charge in [0.1, 0.15) is 0 Å². The Hall–Kier alpha value is -1.55. The molecule has 4 N–H and O–H groups in total. The molecule has 4 heteroatoms. The summed E-state index contributed by atoms with van der Waals surface area (Å²) in [6.45, 7) is 4.41. The van der Waals surface area contributed by atoms with Gasteiger partial charge < -0.3 is 11.5 Å². The molecule has 1 aliphatic rings. The minimum absolute atomic E-state index is 0.201. The Morgan fingerprint density at radius 3 is 2.88 bits per heavy atom. The van der Waals surface area contributed by atoms with Gasteiger partial charge in [-0.05, 0) is 37.6 Å². The predicted octanol–water partition coefficient (Wildman–Crippen LogP) is 0.966. The molecule has 1 aromatic carbocycles. The fourth-order valence-corrected chi connectivity index (χ4v) is 2.34. The monoisotopic (exact) mass is 233 g/mol. The van der Waals surface area contributed by atoms with E-state index in [1.54, 1.807) is 0 Å². The third kappa shape index (κ3) is 2.58. The zero-order chi connectivity index (χ0) is 12.5. The average molecular weight is 233 g/mol. The van der Waals surface area contributed by atoms with Gasteiger partial charge in [0.05, 0.1) is 5.41 Å². The molecule has 1 unspecified atom stereocenters. The number of hydrogen-bond acceptors (Lipinski definition) is 3. The summed E-state index contributed by atoms with van der Waals surface area (Å²) < 4.78 is 0. The predicted molar refractivity (Wildman–Crippen MR) is 68.0 cm³/mol. The summed E-state index contributed by atoms with van der Waals surface area (Å²) in [4.78, 5) is 13.6. The minimum atomic E-state index is -0.375. The molecule has 17 heavy (non-hydrogen) atoms. The third-order valence-corrected chi connectivity index (χ3v) is 3.50. The molecule has 1 saturated heterocycles. The molecule has 1 amide bonds. The van der Waals surface area contributed by atoms with Gasteiger partial charge in [-0.3, -0.25) is 9.69 Å². The van der Waals surface area contributed by atoms with E-state index < -0.39 is 0 Å². The molecule has 1 heterocycles. The number of nitrogen functional groups attached to an aromatic ring is 1. The maximum absolute atomic E-state index is 11.4. The van der Waals surface area contributed by atoms with E-state index in [-0.39, 0.29) is 11.3 Å². The lowest BCUT2D eigenvalue weighted by Crippen LogP contribution is -2.36. The molecule has 1 aromatic rings. The van der Waals surface area contributed by atoms with E-state index in [9.17, 15) is 4.79 Å². The van der Waals surface area contributed by atoms with Gasteiger partial charge >= 0.3 is 0 Å². The normalized spacial score (nSPS) is 25.0.